The van der Waals surface area contributed by atoms with Crippen LogP contribution in [-0.2, 0) is 20.9 Å². The molecule has 0 unspecified atom stereocenters. The molecule has 0 atom stereocenters. The number of anilines is 1. The summed E-state index contributed by atoms with van der Waals surface area (Å²) in [4.78, 5) is 51.7. The maximum atomic E-state index is 12.6. The van der Waals surface area contributed by atoms with Crippen molar-refractivity contribution in [1.29, 1.82) is 0 Å². The molecule has 1 saturated carbocycles. The number of nitrogens with one attached hydrogen (secondary N) is 2. The molecule has 0 bridgehead atoms. The van der Waals surface area contributed by atoms with Gasteiger partial charge in [-0.2, -0.15) is 0 Å². The van der Waals surface area contributed by atoms with E-state index in [9.17, 15) is 19.2 Å². The van der Waals surface area contributed by atoms with Crippen LogP contribution >= 0.6 is 0 Å². The number of rotatable bonds is 7. The molecule has 30 heavy (non-hydrogen) atoms. The van der Waals surface area contributed by atoms with Crippen LogP contribution in [0.5, 0.6) is 0 Å². The van der Waals surface area contributed by atoms with Gasteiger partial charge in [0, 0.05) is 38.2 Å². The molecule has 5 amide bonds. The van der Waals surface area contributed by atoms with Crippen molar-refractivity contribution in [1.82, 2.24) is 15.5 Å². The smallest absolute Gasteiger partial charge is 0.325 e. The highest BCUT2D eigenvalue weighted by Crippen LogP contribution is 2.35. The second-order valence-electron chi connectivity index (χ2n) is 8.37. The van der Waals surface area contributed by atoms with E-state index in [0.717, 1.165) is 37.1 Å². The average Bonchev–Trinajstić information content (AvgIpc) is 3.44. The number of benzene rings is 1. The Morgan fingerprint density at radius 3 is 2.47 bits per heavy atom. The zero-order valence-corrected chi connectivity index (χ0v) is 17.1. The van der Waals surface area contributed by atoms with Crippen molar-refractivity contribution in [2.24, 2.45) is 0 Å². The summed E-state index contributed by atoms with van der Waals surface area (Å²) >= 11 is 0. The van der Waals surface area contributed by atoms with Crippen LogP contribution in [0.2, 0.25) is 0 Å². The number of carbonyl (C=O) groups is 4. The molecule has 1 aliphatic carbocycles. The van der Waals surface area contributed by atoms with Crippen LogP contribution in [0.15, 0.2) is 24.3 Å². The van der Waals surface area contributed by atoms with E-state index in [1.165, 1.54) is 4.90 Å². The first-order valence-electron chi connectivity index (χ1n) is 10.8. The largest absolute Gasteiger partial charge is 0.352 e. The monoisotopic (exact) mass is 412 g/mol. The van der Waals surface area contributed by atoms with Crippen LogP contribution in [0.4, 0.5) is 10.5 Å². The van der Waals surface area contributed by atoms with E-state index < -0.39 is 5.54 Å². The average molecular weight is 412 g/mol. The van der Waals surface area contributed by atoms with Crippen LogP contribution in [0.1, 0.15) is 56.9 Å². The van der Waals surface area contributed by atoms with Crippen molar-refractivity contribution in [3.05, 3.63) is 29.8 Å². The second-order valence-corrected chi connectivity index (χ2v) is 8.37. The molecule has 1 spiro atoms. The molecule has 0 aromatic heterocycles. The lowest BCUT2D eigenvalue weighted by Gasteiger charge is -2.19. The Bertz CT molecular complexity index is 845. The van der Waals surface area contributed by atoms with Crippen molar-refractivity contribution in [3.8, 4) is 0 Å². The standard InChI is InChI=1S/C22H28N4O4/c27-18(5-3-14-26-20(29)22(24-21(26)30)11-1-2-12-22)23-15-16-7-9-17(10-8-16)25-13-4-6-19(25)28/h7-10H,1-6,11-15H2,(H,23,27)(H,24,30). The maximum Gasteiger partial charge on any atom is 0.325 e. The van der Waals surface area contributed by atoms with Gasteiger partial charge >= 0.3 is 6.03 Å². The number of urea groups is 1. The first kappa shape index (κ1) is 20.4. The van der Waals surface area contributed by atoms with E-state index >= 15 is 0 Å². The van der Waals surface area contributed by atoms with Gasteiger partial charge in [-0.15, -0.1) is 0 Å². The maximum absolute atomic E-state index is 12.6. The SMILES string of the molecule is O=C(CCCN1C(=O)NC2(CCCC2)C1=O)NCc1ccc(N2CCCC2=O)cc1. The minimum Gasteiger partial charge on any atom is -0.352 e. The predicted molar refractivity (Wildman–Crippen MR) is 111 cm³/mol. The van der Waals surface area contributed by atoms with Gasteiger partial charge in [-0.25, -0.2) is 4.79 Å². The van der Waals surface area contributed by atoms with Crippen molar-refractivity contribution < 1.29 is 19.2 Å². The van der Waals surface area contributed by atoms with Crippen molar-refractivity contribution in [2.75, 3.05) is 18.0 Å². The molecule has 1 aromatic carbocycles. The van der Waals surface area contributed by atoms with Gasteiger partial charge in [-0.3, -0.25) is 19.3 Å². The topological polar surface area (TPSA) is 98.8 Å². The molecule has 2 N–H and O–H groups in total. The number of amides is 5. The van der Waals surface area contributed by atoms with Crippen LogP contribution < -0.4 is 15.5 Å². The number of nitrogens with zero attached hydrogens (tertiary/aromatic N) is 2. The fourth-order valence-electron chi connectivity index (χ4n) is 4.60. The number of hydrogen-bond acceptors (Lipinski definition) is 4. The lowest BCUT2D eigenvalue weighted by atomic mass is 9.98. The lowest BCUT2D eigenvalue weighted by molar-refractivity contribution is -0.131. The van der Waals surface area contributed by atoms with Crippen molar-refractivity contribution in [2.45, 2.75) is 63.5 Å². The molecule has 2 aliphatic heterocycles. The third-order valence-electron chi connectivity index (χ3n) is 6.30. The molecule has 160 valence electrons. The molecule has 0 radical (unpaired) electrons. The van der Waals surface area contributed by atoms with Gasteiger partial charge in [0.25, 0.3) is 5.91 Å². The van der Waals surface area contributed by atoms with E-state index in [-0.39, 0.29) is 36.7 Å². The molecule has 1 aromatic rings. The predicted octanol–water partition coefficient (Wildman–Crippen LogP) is 2.07. The molecule has 8 heteroatoms. The van der Waals surface area contributed by atoms with E-state index in [1.54, 1.807) is 4.90 Å². The van der Waals surface area contributed by atoms with Crippen molar-refractivity contribution in [3.63, 3.8) is 0 Å². The summed E-state index contributed by atoms with van der Waals surface area (Å²) < 4.78 is 0. The zero-order chi connectivity index (χ0) is 21.1. The summed E-state index contributed by atoms with van der Waals surface area (Å²) in [5.41, 5.74) is 1.16. The normalized spacial score (nSPS) is 20.3. The van der Waals surface area contributed by atoms with Gasteiger partial charge < -0.3 is 15.5 Å². The highest BCUT2D eigenvalue weighted by molar-refractivity contribution is 6.07. The van der Waals surface area contributed by atoms with Gasteiger partial charge in [0.15, 0.2) is 0 Å². The van der Waals surface area contributed by atoms with Gasteiger partial charge in [0.2, 0.25) is 11.8 Å². The first-order valence-corrected chi connectivity index (χ1v) is 10.8. The Labute approximate surface area is 176 Å². The summed E-state index contributed by atoms with van der Waals surface area (Å²) in [5, 5.41) is 5.72. The fraction of sp³-hybridized carbons (Fsp3) is 0.545. The summed E-state index contributed by atoms with van der Waals surface area (Å²) in [6.07, 6.45) is 5.51. The van der Waals surface area contributed by atoms with E-state index in [2.05, 4.69) is 10.6 Å². The summed E-state index contributed by atoms with van der Waals surface area (Å²) in [6, 6.07) is 7.30. The molecule has 2 heterocycles. The van der Waals surface area contributed by atoms with Crippen molar-refractivity contribution >= 4 is 29.4 Å². The van der Waals surface area contributed by atoms with E-state index in [0.29, 0.717) is 32.2 Å². The summed E-state index contributed by atoms with van der Waals surface area (Å²) in [6.45, 7) is 1.42. The number of hydrogen-bond donors (Lipinski definition) is 2. The Morgan fingerprint density at radius 1 is 1.07 bits per heavy atom. The summed E-state index contributed by atoms with van der Waals surface area (Å²) in [5.74, 6) is -0.0986. The third kappa shape index (κ3) is 4.04. The number of carbonyl (C=O) groups excluding carboxylic acids is 4. The van der Waals surface area contributed by atoms with Crippen LogP contribution in [0.3, 0.4) is 0 Å². The molecule has 8 nitrogen and oxygen atoms in total. The minimum absolute atomic E-state index is 0.114. The molecule has 4 rings (SSSR count). The van der Waals surface area contributed by atoms with E-state index in [4.69, 9.17) is 0 Å². The van der Waals surface area contributed by atoms with Gasteiger partial charge in [0.1, 0.15) is 5.54 Å². The Morgan fingerprint density at radius 2 is 1.80 bits per heavy atom. The van der Waals surface area contributed by atoms with Gasteiger partial charge in [-0.05, 0) is 43.4 Å². The lowest BCUT2D eigenvalue weighted by Crippen LogP contribution is -2.44. The Hall–Kier alpha value is -2.90. The zero-order valence-electron chi connectivity index (χ0n) is 17.1. The van der Waals surface area contributed by atoms with Crippen LogP contribution in [0, 0.1) is 0 Å². The molecule has 3 fully saturated rings. The molecule has 2 saturated heterocycles. The Kier molecular flexibility index (Phi) is 5.74. The number of imide groups is 1. The second kappa shape index (κ2) is 8.45. The molecular weight excluding hydrogens is 384 g/mol. The fourth-order valence-corrected chi connectivity index (χ4v) is 4.60. The van der Waals surface area contributed by atoms with Gasteiger partial charge in [0.05, 0.1) is 0 Å². The quantitative estimate of drug-likeness (QED) is 0.670. The van der Waals surface area contributed by atoms with Crippen LogP contribution in [0.25, 0.3) is 0 Å². The highest BCUT2D eigenvalue weighted by Gasteiger charge is 2.52. The molecular formula is C22H28N4O4. The highest BCUT2D eigenvalue weighted by atomic mass is 16.2. The first-order chi connectivity index (χ1) is 14.5. The van der Waals surface area contributed by atoms with Crippen LogP contribution in [-0.4, -0.2) is 47.3 Å². The third-order valence-corrected chi connectivity index (χ3v) is 6.30. The molecule has 3 aliphatic rings. The Balaban J connectivity index is 1.20. The summed E-state index contributed by atoms with van der Waals surface area (Å²) in [7, 11) is 0. The van der Waals surface area contributed by atoms with E-state index in [1.807, 2.05) is 24.3 Å². The van der Waals surface area contributed by atoms with Gasteiger partial charge in [-0.1, -0.05) is 25.0 Å². The minimum atomic E-state index is -0.689.